The molecule has 1 aliphatic carbocycles. The number of carbonyl (C=O) groups excluding carboxylic acids is 1. The SMILES string of the molecule is C=O.CC(C)Oc1ccc(-c2ncc(-c3cccc4c3CCC4N)s2)cc1C#N.CCCN1CCC1. The number of rotatable bonds is 6. The Balaban J connectivity index is 0.000000342. The van der Waals surface area contributed by atoms with Crippen LogP contribution in [0.5, 0.6) is 5.75 Å². The zero-order chi connectivity index (χ0) is 26.1. The van der Waals surface area contributed by atoms with E-state index in [0.29, 0.717) is 11.3 Å². The van der Waals surface area contributed by atoms with Gasteiger partial charge in [-0.3, -0.25) is 0 Å². The predicted molar refractivity (Wildman–Crippen MR) is 147 cm³/mol. The van der Waals surface area contributed by atoms with E-state index in [0.717, 1.165) is 28.3 Å². The molecule has 1 fully saturated rings. The third kappa shape index (κ3) is 6.58. The highest BCUT2D eigenvalue weighted by Crippen LogP contribution is 2.40. The van der Waals surface area contributed by atoms with Crippen LogP contribution < -0.4 is 10.5 Å². The van der Waals surface area contributed by atoms with E-state index in [1.807, 2.05) is 45.0 Å². The minimum atomic E-state index is 0.0287. The van der Waals surface area contributed by atoms with Crippen molar-refractivity contribution in [3.63, 3.8) is 0 Å². The summed E-state index contributed by atoms with van der Waals surface area (Å²) in [7, 11) is 0. The van der Waals surface area contributed by atoms with Gasteiger partial charge in [0.15, 0.2) is 0 Å². The van der Waals surface area contributed by atoms with Gasteiger partial charge in [-0.1, -0.05) is 25.1 Å². The Bertz CT molecular complexity index is 1180. The Labute approximate surface area is 218 Å². The van der Waals surface area contributed by atoms with Crippen LogP contribution >= 0.6 is 11.3 Å². The summed E-state index contributed by atoms with van der Waals surface area (Å²) in [5, 5.41) is 10.4. The van der Waals surface area contributed by atoms with Gasteiger partial charge in [0.2, 0.25) is 0 Å². The largest absolute Gasteiger partial charge is 0.490 e. The number of fused-ring (bicyclic) bond motifs is 1. The third-order valence-electron chi connectivity index (χ3n) is 6.29. The number of benzene rings is 2. The summed E-state index contributed by atoms with van der Waals surface area (Å²) >= 11 is 1.64. The summed E-state index contributed by atoms with van der Waals surface area (Å²) in [5.74, 6) is 0.614. The van der Waals surface area contributed by atoms with Gasteiger partial charge >= 0.3 is 0 Å². The topological polar surface area (TPSA) is 92.2 Å². The summed E-state index contributed by atoms with van der Waals surface area (Å²) in [6.07, 6.45) is 6.71. The molecule has 0 radical (unpaired) electrons. The van der Waals surface area contributed by atoms with Crippen molar-refractivity contribution < 1.29 is 9.53 Å². The lowest BCUT2D eigenvalue weighted by Crippen LogP contribution is -2.37. The number of likely N-dealkylation sites (tertiary alicyclic amines) is 1. The Kier molecular flexibility index (Phi) is 10.2. The quantitative estimate of drug-likeness (QED) is 0.443. The molecule has 2 N–H and O–H groups in total. The summed E-state index contributed by atoms with van der Waals surface area (Å²) in [4.78, 5) is 16.2. The summed E-state index contributed by atoms with van der Waals surface area (Å²) in [6, 6.07) is 14.4. The Morgan fingerprint density at radius 3 is 2.67 bits per heavy atom. The molecule has 0 amide bonds. The predicted octanol–water partition coefficient (Wildman–Crippen LogP) is 6.00. The monoisotopic (exact) mass is 504 g/mol. The first-order chi connectivity index (χ1) is 17.5. The molecule has 1 unspecified atom stereocenters. The van der Waals surface area contributed by atoms with Crippen LogP contribution in [0.1, 0.15) is 62.8 Å². The summed E-state index contributed by atoms with van der Waals surface area (Å²) in [6.45, 7) is 12.2. The van der Waals surface area contributed by atoms with Crippen LogP contribution in [-0.2, 0) is 11.2 Å². The first kappa shape index (κ1) is 27.5. The van der Waals surface area contributed by atoms with Crippen molar-refractivity contribution in [2.75, 3.05) is 19.6 Å². The van der Waals surface area contributed by atoms with Crippen molar-refractivity contribution in [2.24, 2.45) is 5.73 Å². The number of thiazole rings is 1. The van der Waals surface area contributed by atoms with Crippen molar-refractivity contribution >= 4 is 18.1 Å². The molecule has 36 heavy (non-hydrogen) atoms. The third-order valence-corrected chi connectivity index (χ3v) is 7.37. The van der Waals surface area contributed by atoms with Crippen LogP contribution in [0.4, 0.5) is 0 Å². The van der Waals surface area contributed by atoms with E-state index in [2.05, 4.69) is 41.1 Å². The average molecular weight is 505 g/mol. The molecule has 0 bridgehead atoms. The molecule has 1 atom stereocenters. The zero-order valence-corrected chi connectivity index (χ0v) is 22.3. The number of nitrogens with zero attached hydrogens (tertiary/aromatic N) is 3. The summed E-state index contributed by atoms with van der Waals surface area (Å²) in [5.41, 5.74) is 11.5. The number of hydrogen-bond acceptors (Lipinski definition) is 7. The maximum atomic E-state index is 9.46. The number of nitriles is 1. The van der Waals surface area contributed by atoms with Crippen molar-refractivity contribution in [3.05, 3.63) is 59.3 Å². The van der Waals surface area contributed by atoms with Gasteiger partial charge in [0.05, 0.1) is 16.5 Å². The fourth-order valence-electron chi connectivity index (χ4n) is 4.48. The van der Waals surface area contributed by atoms with Crippen LogP contribution in [0, 0.1) is 11.3 Å². The van der Waals surface area contributed by atoms with Crippen LogP contribution in [0.15, 0.2) is 42.6 Å². The Morgan fingerprint density at radius 2 is 2.06 bits per heavy atom. The van der Waals surface area contributed by atoms with Crippen molar-refractivity contribution in [1.29, 1.82) is 5.26 Å². The molecule has 2 aromatic carbocycles. The standard InChI is InChI=1S/C22H21N3OS.C6H13N.CH2O/c1-13(2)26-20-9-6-14(10-15(20)11-23)22-25-12-21(27-22)18-5-3-4-17-16(18)7-8-19(17)24;1-2-4-7-5-3-6-7;1-2/h3-6,9-10,12-13,19H,7-8,24H2,1-2H3;2-6H2,1H3;1H2. The second-order valence-corrected chi connectivity index (χ2v) is 10.3. The van der Waals surface area contributed by atoms with Gasteiger partial charge in [-0.15, -0.1) is 11.3 Å². The molecule has 1 aliphatic heterocycles. The van der Waals surface area contributed by atoms with Crippen molar-refractivity contribution in [2.45, 2.75) is 58.6 Å². The average Bonchev–Trinajstić information content (AvgIpc) is 3.50. The van der Waals surface area contributed by atoms with Crippen molar-refractivity contribution in [1.82, 2.24) is 9.88 Å². The highest BCUT2D eigenvalue weighted by Gasteiger charge is 2.23. The lowest BCUT2D eigenvalue weighted by molar-refractivity contribution is -0.0980. The van der Waals surface area contributed by atoms with E-state index in [-0.39, 0.29) is 12.1 Å². The highest BCUT2D eigenvalue weighted by atomic mass is 32.1. The minimum absolute atomic E-state index is 0.0287. The molecule has 1 aromatic heterocycles. The molecular weight excluding hydrogens is 468 g/mol. The van der Waals surface area contributed by atoms with Crippen molar-refractivity contribution in [3.8, 4) is 32.8 Å². The lowest BCUT2D eigenvalue weighted by Gasteiger charge is -2.29. The second-order valence-electron chi connectivity index (χ2n) is 9.23. The van der Waals surface area contributed by atoms with E-state index in [9.17, 15) is 5.26 Å². The van der Waals surface area contributed by atoms with Gasteiger partial charge in [0, 0.05) is 17.8 Å². The zero-order valence-electron chi connectivity index (χ0n) is 21.5. The number of hydrogen-bond donors (Lipinski definition) is 1. The summed E-state index contributed by atoms with van der Waals surface area (Å²) < 4.78 is 5.71. The van der Waals surface area contributed by atoms with Crippen LogP contribution in [0.3, 0.4) is 0 Å². The molecule has 7 heteroatoms. The fourth-order valence-corrected chi connectivity index (χ4v) is 5.44. The number of nitrogens with two attached hydrogens (primary N) is 1. The maximum Gasteiger partial charge on any atom is 0.137 e. The first-order valence-electron chi connectivity index (χ1n) is 12.6. The Morgan fingerprint density at radius 1 is 1.28 bits per heavy atom. The van der Waals surface area contributed by atoms with Gasteiger partial charge in [0.25, 0.3) is 0 Å². The maximum absolute atomic E-state index is 9.46. The number of ether oxygens (including phenoxy) is 1. The Hall–Kier alpha value is -3.05. The van der Waals surface area contributed by atoms with Crippen LogP contribution in [0.25, 0.3) is 21.0 Å². The van der Waals surface area contributed by atoms with E-state index >= 15 is 0 Å². The smallest absolute Gasteiger partial charge is 0.137 e. The fraction of sp³-hybridized carbons (Fsp3) is 0.414. The molecule has 2 heterocycles. The highest BCUT2D eigenvalue weighted by molar-refractivity contribution is 7.18. The van der Waals surface area contributed by atoms with Crippen LogP contribution in [0.2, 0.25) is 0 Å². The molecule has 3 aromatic rings. The second kappa shape index (κ2) is 13.3. The van der Waals surface area contributed by atoms with Crippen LogP contribution in [-0.4, -0.2) is 42.4 Å². The first-order valence-corrected chi connectivity index (χ1v) is 13.4. The van der Waals surface area contributed by atoms with Gasteiger partial charge < -0.3 is 20.2 Å². The number of carbonyl (C=O) groups is 1. The molecule has 2 aliphatic rings. The molecule has 0 saturated carbocycles. The van der Waals surface area contributed by atoms with E-state index in [4.69, 9.17) is 15.3 Å². The van der Waals surface area contributed by atoms with E-state index in [1.165, 1.54) is 49.2 Å². The van der Waals surface area contributed by atoms with E-state index in [1.54, 1.807) is 11.3 Å². The molecule has 1 saturated heterocycles. The number of aromatic nitrogens is 1. The van der Waals surface area contributed by atoms with Gasteiger partial charge in [-0.05, 0) is 94.1 Å². The molecule has 0 spiro atoms. The molecular formula is C29H36N4O2S. The van der Waals surface area contributed by atoms with Gasteiger partial charge in [0.1, 0.15) is 23.6 Å². The lowest BCUT2D eigenvalue weighted by atomic mass is 10.0. The molecule has 6 nitrogen and oxygen atoms in total. The molecule has 5 rings (SSSR count). The molecule has 190 valence electrons. The minimum Gasteiger partial charge on any atom is -0.490 e. The van der Waals surface area contributed by atoms with Gasteiger partial charge in [-0.25, -0.2) is 4.98 Å². The normalized spacial score (nSPS) is 16.1. The van der Waals surface area contributed by atoms with Gasteiger partial charge in [-0.2, -0.15) is 5.26 Å². The van der Waals surface area contributed by atoms with E-state index < -0.39 is 0 Å².